The van der Waals surface area contributed by atoms with Crippen molar-refractivity contribution in [2.75, 3.05) is 6.54 Å². The van der Waals surface area contributed by atoms with Gasteiger partial charge in [0.25, 0.3) is 0 Å². The van der Waals surface area contributed by atoms with Gasteiger partial charge in [-0.2, -0.15) is 4.98 Å². The zero-order valence-corrected chi connectivity index (χ0v) is 9.87. The van der Waals surface area contributed by atoms with Crippen LogP contribution in [-0.4, -0.2) is 44.7 Å². The minimum absolute atomic E-state index is 0.163. The van der Waals surface area contributed by atoms with Crippen molar-refractivity contribution in [2.24, 2.45) is 5.92 Å². The normalized spacial score (nSPS) is 23.1. The number of carbonyl (C=O) groups is 2. The molecule has 8 nitrogen and oxygen atoms in total. The molecule has 2 amide bonds. The summed E-state index contributed by atoms with van der Waals surface area (Å²) < 4.78 is 4.54. The summed E-state index contributed by atoms with van der Waals surface area (Å²) in [7, 11) is 0. The van der Waals surface area contributed by atoms with Crippen molar-refractivity contribution in [1.29, 1.82) is 0 Å². The highest BCUT2D eigenvalue weighted by Crippen LogP contribution is 2.24. The van der Waals surface area contributed by atoms with Gasteiger partial charge in [-0.3, -0.25) is 4.79 Å². The molecule has 8 heteroatoms. The Kier molecular flexibility index (Phi) is 3.45. The highest BCUT2D eigenvalue weighted by Gasteiger charge is 2.38. The number of carboxylic acid groups (broad SMARTS) is 1. The Morgan fingerprint density at radius 3 is 3.00 bits per heavy atom. The zero-order valence-electron chi connectivity index (χ0n) is 9.87. The van der Waals surface area contributed by atoms with Crippen LogP contribution in [0, 0.1) is 5.92 Å². The van der Waals surface area contributed by atoms with Gasteiger partial charge in [0.05, 0.1) is 12.5 Å². The molecule has 2 heterocycles. The van der Waals surface area contributed by atoms with Gasteiger partial charge in [-0.25, -0.2) is 4.79 Å². The number of nitrogens with one attached hydrogen (secondary N) is 1. The maximum Gasteiger partial charge on any atom is 0.318 e. The summed E-state index contributed by atoms with van der Waals surface area (Å²) in [5.74, 6) is -0.984. The summed E-state index contributed by atoms with van der Waals surface area (Å²) in [6, 6.07) is -0.621. The third-order valence-corrected chi connectivity index (χ3v) is 3.14. The average Bonchev–Trinajstić information content (AvgIpc) is 2.94. The molecule has 0 aromatic carbocycles. The average molecular weight is 254 g/mol. The second kappa shape index (κ2) is 5.03. The molecule has 0 spiro atoms. The van der Waals surface area contributed by atoms with E-state index in [0.29, 0.717) is 18.8 Å². The first-order chi connectivity index (χ1) is 8.59. The molecule has 2 rings (SSSR count). The van der Waals surface area contributed by atoms with Gasteiger partial charge in [0.2, 0.25) is 6.39 Å². The van der Waals surface area contributed by atoms with Gasteiger partial charge < -0.3 is 19.8 Å². The van der Waals surface area contributed by atoms with E-state index in [-0.39, 0.29) is 18.6 Å². The topological polar surface area (TPSA) is 109 Å². The molecule has 2 atom stereocenters. The minimum Gasteiger partial charge on any atom is -0.481 e. The fraction of sp³-hybridized carbons (Fsp3) is 0.600. The summed E-state index contributed by atoms with van der Waals surface area (Å²) in [5.41, 5.74) is 0. The Morgan fingerprint density at radius 2 is 2.44 bits per heavy atom. The number of urea groups is 1. The quantitative estimate of drug-likeness (QED) is 0.790. The Balaban J connectivity index is 1.88. The number of amides is 2. The minimum atomic E-state index is -0.865. The number of hydrogen-bond donors (Lipinski definition) is 2. The van der Waals surface area contributed by atoms with E-state index >= 15 is 0 Å². The molecule has 0 radical (unpaired) electrons. The zero-order chi connectivity index (χ0) is 13.1. The lowest BCUT2D eigenvalue weighted by atomic mass is 10.0. The van der Waals surface area contributed by atoms with Crippen LogP contribution in [0.1, 0.15) is 19.2 Å². The van der Waals surface area contributed by atoms with Gasteiger partial charge in [-0.05, 0) is 13.3 Å². The monoisotopic (exact) mass is 254 g/mol. The number of carbonyl (C=O) groups excluding carboxylic acids is 1. The van der Waals surface area contributed by atoms with E-state index < -0.39 is 11.9 Å². The van der Waals surface area contributed by atoms with E-state index in [0.717, 1.165) is 0 Å². The predicted molar refractivity (Wildman–Crippen MR) is 58.4 cm³/mol. The van der Waals surface area contributed by atoms with Crippen LogP contribution in [0.3, 0.4) is 0 Å². The Morgan fingerprint density at radius 1 is 1.67 bits per heavy atom. The Hall–Kier alpha value is -2.12. The number of aromatic nitrogens is 2. The van der Waals surface area contributed by atoms with E-state index in [1.807, 2.05) is 0 Å². The molecule has 2 N–H and O–H groups in total. The maximum atomic E-state index is 11.9. The van der Waals surface area contributed by atoms with Gasteiger partial charge in [0.1, 0.15) is 0 Å². The Bertz CT molecular complexity index is 433. The maximum absolute atomic E-state index is 11.9. The van der Waals surface area contributed by atoms with Crippen molar-refractivity contribution < 1.29 is 19.2 Å². The smallest absolute Gasteiger partial charge is 0.318 e. The van der Waals surface area contributed by atoms with Gasteiger partial charge >= 0.3 is 12.0 Å². The van der Waals surface area contributed by atoms with Crippen molar-refractivity contribution in [3.05, 3.63) is 12.2 Å². The molecular weight excluding hydrogens is 240 g/mol. The third kappa shape index (κ3) is 2.41. The van der Waals surface area contributed by atoms with Crippen molar-refractivity contribution >= 4 is 12.0 Å². The van der Waals surface area contributed by atoms with E-state index in [1.165, 1.54) is 11.3 Å². The van der Waals surface area contributed by atoms with Gasteiger partial charge in [-0.1, -0.05) is 5.16 Å². The van der Waals surface area contributed by atoms with Crippen molar-refractivity contribution in [2.45, 2.75) is 25.9 Å². The number of carboxylic acids is 1. The molecular formula is C10H14N4O4. The lowest BCUT2D eigenvalue weighted by molar-refractivity contribution is -0.142. The van der Waals surface area contributed by atoms with Crippen molar-refractivity contribution in [3.63, 3.8) is 0 Å². The van der Waals surface area contributed by atoms with Gasteiger partial charge in [-0.15, -0.1) is 0 Å². The second-order valence-electron chi connectivity index (χ2n) is 4.17. The second-order valence-corrected chi connectivity index (χ2v) is 4.17. The Labute approximate surface area is 103 Å². The molecule has 2 unspecified atom stereocenters. The number of hydrogen-bond acceptors (Lipinski definition) is 5. The van der Waals surface area contributed by atoms with Crippen LogP contribution in [0.25, 0.3) is 0 Å². The highest BCUT2D eigenvalue weighted by atomic mass is 16.5. The molecule has 98 valence electrons. The molecule has 0 saturated carbocycles. The summed E-state index contributed by atoms with van der Waals surface area (Å²) in [5, 5.41) is 15.2. The first-order valence-electron chi connectivity index (χ1n) is 5.62. The molecule has 1 fully saturated rings. The third-order valence-electron chi connectivity index (χ3n) is 3.14. The largest absolute Gasteiger partial charge is 0.481 e. The molecule has 1 aliphatic heterocycles. The van der Waals surface area contributed by atoms with Crippen LogP contribution in [0.15, 0.2) is 10.9 Å². The van der Waals surface area contributed by atoms with Gasteiger partial charge in [0, 0.05) is 12.6 Å². The first kappa shape index (κ1) is 12.3. The SMILES string of the molecule is CC1C(C(=O)O)CCN1C(=O)NCc1ncon1. The summed E-state index contributed by atoms with van der Waals surface area (Å²) in [6.07, 6.45) is 1.66. The molecule has 1 saturated heterocycles. The lowest BCUT2D eigenvalue weighted by Gasteiger charge is -2.23. The van der Waals surface area contributed by atoms with Crippen LogP contribution in [0.2, 0.25) is 0 Å². The van der Waals surface area contributed by atoms with E-state index in [4.69, 9.17) is 5.11 Å². The molecule has 0 aliphatic carbocycles. The molecule has 1 aromatic rings. The van der Waals surface area contributed by atoms with Crippen LogP contribution in [0.4, 0.5) is 4.79 Å². The number of rotatable bonds is 3. The fourth-order valence-corrected chi connectivity index (χ4v) is 2.08. The van der Waals surface area contributed by atoms with E-state index in [2.05, 4.69) is 20.0 Å². The number of likely N-dealkylation sites (tertiary alicyclic amines) is 1. The van der Waals surface area contributed by atoms with E-state index in [1.54, 1.807) is 6.92 Å². The summed E-state index contributed by atoms with van der Waals surface area (Å²) >= 11 is 0. The summed E-state index contributed by atoms with van der Waals surface area (Å²) in [6.45, 7) is 2.34. The van der Waals surface area contributed by atoms with Crippen molar-refractivity contribution in [3.8, 4) is 0 Å². The van der Waals surface area contributed by atoms with Crippen LogP contribution in [0.5, 0.6) is 0 Å². The molecule has 0 bridgehead atoms. The highest BCUT2D eigenvalue weighted by molar-refractivity contribution is 5.78. The fourth-order valence-electron chi connectivity index (χ4n) is 2.08. The van der Waals surface area contributed by atoms with E-state index in [9.17, 15) is 9.59 Å². The van der Waals surface area contributed by atoms with Crippen LogP contribution < -0.4 is 5.32 Å². The van der Waals surface area contributed by atoms with Crippen molar-refractivity contribution in [1.82, 2.24) is 20.4 Å². The number of nitrogens with zero attached hydrogens (tertiary/aromatic N) is 3. The molecule has 18 heavy (non-hydrogen) atoms. The molecule has 1 aliphatic rings. The predicted octanol–water partition coefficient (Wildman–Crippen LogP) is 0.0742. The lowest BCUT2D eigenvalue weighted by Crippen LogP contribution is -2.43. The standard InChI is InChI=1S/C10H14N4O4/c1-6-7(9(15)16)2-3-14(6)10(17)11-4-8-12-5-18-13-8/h5-7H,2-4H2,1H3,(H,11,17)(H,15,16). The number of aliphatic carboxylic acids is 1. The molecule has 1 aromatic heterocycles. The first-order valence-corrected chi connectivity index (χ1v) is 5.62. The van der Waals surface area contributed by atoms with Crippen LogP contribution in [-0.2, 0) is 11.3 Å². The summed E-state index contributed by atoms with van der Waals surface area (Å²) in [4.78, 5) is 28.1. The van der Waals surface area contributed by atoms with Gasteiger partial charge in [0.15, 0.2) is 5.82 Å². The van der Waals surface area contributed by atoms with Crippen LogP contribution >= 0.6 is 0 Å².